The van der Waals surface area contributed by atoms with Crippen LogP contribution >= 0.6 is 0 Å². The molecule has 2 nitrogen and oxygen atoms in total. The summed E-state index contributed by atoms with van der Waals surface area (Å²) < 4.78 is 0. The molecule has 0 heterocycles. The van der Waals surface area contributed by atoms with Crippen LogP contribution in [0.3, 0.4) is 0 Å². The van der Waals surface area contributed by atoms with Crippen molar-refractivity contribution in [3.63, 3.8) is 0 Å². The molecule has 0 aromatic carbocycles. The van der Waals surface area contributed by atoms with Crippen molar-refractivity contribution in [2.24, 2.45) is 11.8 Å². The van der Waals surface area contributed by atoms with Gasteiger partial charge in [0.05, 0.1) is 0 Å². The van der Waals surface area contributed by atoms with Gasteiger partial charge >= 0.3 is 0 Å². The highest BCUT2D eigenvalue weighted by Crippen LogP contribution is 2.34. The molecule has 0 atom stereocenters. The lowest BCUT2D eigenvalue weighted by Crippen LogP contribution is -2.18. The average Bonchev–Trinajstić information content (AvgIpc) is 2.36. The Morgan fingerprint density at radius 3 is 2.16 bits per heavy atom. The molecule has 0 spiro atoms. The Morgan fingerprint density at radius 1 is 1.16 bits per heavy atom. The predicted molar refractivity (Wildman–Crippen MR) is 83.0 cm³/mol. The lowest BCUT2D eigenvalue weighted by molar-refractivity contribution is 0.387. The summed E-state index contributed by atoms with van der Waals surface area (Å²) in [6.45, 7) is 15.0. The highest BCUT2D eigenvalue weighted by atomic mass is 16.3. The smallest absolute Gasteiger partial charge is 0.118 e. The SMILES string of the molecule is CCN(C=C1C=C(C(C)C)C(O)=C(C(C)C)C1)CC. The van der Waals surface area contributed by atoms with Gasteiger partial charge < -0.3 is 10.0 Å². The topological polar surface area (TPSA) is 23.5 Å². The van der Waals surface area contributed by atoms with E-state index in [1.807, 2.05) is 0 Å². The summed E-state index contributed by atoms with van der Waals surface area (Å²) in [5.41, 5.74) is 3.56. The molecule has 0 aromatic rings. The summed E-state index contributed by atoms with van der Waals surface area (Å²) in [4.78, 5) is 2.31. The normalized spacial score (nSPS) is 18.5. The number of aliphatic hydroxyl groups excluding tert-OH is 1. The van der Waals surface area contributed by atoms with Crippen LogP contribution in [-0.4, -0.2) is 23.1 Å². The first-order valence-corrected chi connectivity index (χ1v) is 7.49. The van der Waals surface area contributed by atoms with Crippen LogP contribution < -0.4 is 0 Å². The molecular formula is C17H29NO. The van der Waals surface area contributed by atoms with E-state index < -0.39 is 0 Å². The van der Waals surface area contributed by atoms with Gasteiger partial charge in [0, 0.05) is 19.3 Å². The Morgan fingerprint density at radius 2 is 1.74 bits per heavy atom. The van der Waals surface area contributed by atoms with Crippen LogP contribution in [0.15, 0.2) is 34.8 Å². The summed E-state index contributed by atoms with van der Waals surface area (Å²) in [6.07, 6.45) is 5.29. The van der Waals surface area contributed by atoms with Crippen molar-refractivity contribution in [1.29, 1.82) is 0 Å². The fourth-order valence-corrected chi connectivity index (χ4v) is 2.45. The van der Waals surface area contributed by atoms with Gasteiger partial charge in [0.15, 0.2) is 0 Å². The van der Waals surface area contributed by atoms with E-state index in [2.05, 4.69) is 58.7 Å². The molecule has 1 aliphatic carbocycles. The van der Waals surface area contributed by atoms with Crippen molar-refractivity contribution in [1.82, 2.24) is 4.90 Å². The van der Waals surface area contributed by atoms with Crippen LogP contribution in [0.25, 0.3) is 0 Å². The van der Waals surface area contributed by atoms with E-state index in [1.54, 1.807) is 0 Å². The molecule has 0 fully saturated rings. The summed E-state index contributed by atoms with van der Waals surface area (Å²) in [5.74, 6) is 1.28. The number of rotatable bonds is 5. The van der Waals surface area contributed by atoms with Crippen LogP contribution in [0.4, 0.5) is 0 Å². The fourth-order valence-electron chi connectivity index (χ4n) is 2.45. The number of nitrogens with zero attached hydrogens (tertiary/aromatic N) is 1. The molecule has 2 heteroatoms. The number of allylic oxidation sites excluding steroid dienone is 4. The first kappa shape index (κ1) is 15.9. The minimum atomic E-state index is 0.356. The highest BCUT2D eigenvalue weighted by molar-refractivity contribution is 5.45. The van der Waals surface area contributed by atoms with Crippen molar-refractivity contribution in [2.45, 2.75) is 48.0 Å². The standard InChI is InChI=1S/C17H29NO/c1-7-18(8-2)11-14-9-15(12(3)4)17(19)16(10-14)13(5)6/h9,11-13,19H,7-8,10H2,1-6H3. The van der Waals surface area contributed by atoms with Crippen LogP contribution in [0.5, 0.6) is 0 Å². The summed E-state index contributed by atoms with van der Waals surface area (Å²) in [7, 11) is 0. The molecule has 19 heavy (non-hydrogen) atoms. The zero-order valence-electron chi connectivity index (χ0n) is 13.3. The van der Waals surface area contributed by atoms with Gasteiger partial charge in [-0.1, -0.05) is 33.8 Å². The van der Waals surface area contributed by atoms with Crippen molar-refractivity contribution in [2.75, 3.05) is 13.1 Å². The minimum Gasteiger partial charge on any atom is -0.508 e. The number of hydrogen-bond acceptors (Lipinski definition) is 2. The molecule has 0 unspecified atom stereocenters. The third-order valence-electron chi connectivity index (χ3n) is 3.79. The Balaban J connectivity index is 3.14. The van der Waals surface area contributed by atoms with Gasteiger partial charge in [-0.15, -0.1) is 0 Å². The molecule has 1 N–H and O–H groups in total. The summed E-state index contributed by atoms with van der Waals surface area (Å²) in [6, 6.07) is 0. The van der Waals surface area contributed by atoms with E-state index in [1.165, 1.54) is 11.1 Å². The lowest BCUT2D eigenvalue weighted by Gasteiger charge is -2.26. The zero-order valence-corrected chi connectivity index (χ0v) is 13.3. The van der Waals surface area contributed by atoms with Crippen molar-refractivity contribution in [3.05, 3.63) is 34.8 Å². The lowest BCUT2D eigenvalue weighted by atomic mass is 9.84. The fraction of sp³-hybridized carbons (Fsp3) is 0.647. The van der Waals surface area contributed by atoms with Crippen LogP contribution in [0.2, 0.25) is 0 Å². The van der Waals surface area contributed by atoms with Crippen LogP contribution in [0, 0.1) is 11.8 Å². The predicted octanol–water partition coefficient (Wildman–Crippen LogP) is 4.67. The molecule has 1 aliphatic rings. The molecule has 0 aromatic heterocycles. The van der Waals surface area contributed by atoms with Gasteiger partial charge in [0.1, 0.15) is 5.76 Å². The Labute approximate surface area is 118 Å². The summed E-state index contributed by atoms with van der Waals surface area (Å²) >= 11 is 0. The summed E-state index contributed by atoms with van der Waals surface area (Å²) in [5, 5.41) is 10.4. The monoisotopic (exact) mass is 263 g/mol. The molecule has 0 aliphatic heterocycles. The maximum atomic E-state index is 10.4. The second kappa shape index (κ2) is 6.83. The van der Waals surface area contributed by atoms with Gasteiger partial charge in [-0.3, -0.25) is 0 Å². The zero-order chi connectivity index (χ0) is 14.6. The third kappa shape index (κ3) is 3.89. The van der Waals surface area contributed by atoms with Gasteiger partial charge in [-0.2, -0.15) is 0 Å². The molecule has 0 radical (unpaired) electrons. The maximum absolute atomic E-state index is 10.4. The average molecular weight is 263 g/mol. The largest absolute Gasteiger partial charge is 0.508 e. The molecule has 1 rings (SSSR count). The second-order valence-corrected chi connectivity index (χ2v) is 5.88. The van der Waals surface area contributed by atoms with Crippen molar-refractivity contribution in [3.8, 4) is 0 Å². The van der Waals surface area contributed by atoms with Crippen LogP contribution in [-0.2, 0) is 0 Å². The molecule has 0 saturated heterocycles. The van der Waals surface area contributed by atoms with E-state index >= 15 is 0 Å². The molecule has 0 bridgehead atoms. The number of hydrogen-bond donors (Lipinski definition) is 1. The third-order valence-corrected chi connectivity index (χ3v) is 3.79. The maximum Gasteiger partial charge on any atom is 0.118 e. The first-order chi connectivity index (χ1) is 8.90. The van der Waals surface area contributed by atoms with Crippen molar-refractivity contribution < 1.29 is 5.11 Å². The van der Waals surface area contributed by atoms with Gasteiger partial charge in [0.25, 0.3) is 0 Å². The Bertz CT molecular complexity index is 395. The molecule has 108 valence electrons. The number of aliphatic hydroxyl groups is 1. The Kier molecular flexibility index (Phi) is 5.71. The second-order valence-electron chi connectivity index (χ2n) is 5.88. The van der Waals surface area contributed by atoms with E-state index in [0.29, 0.717) is 17.6 Å². The van der Waals surface area contributed by atoms with Crippen molar-refractivity contribution >= 4 is 0 Å². The van der Waals surface area contributed by atoms with Crippen LogP contribution in [0.1, 0.15) is 48.0 Å². The Hall–Kier alpha value is -1.18. The first-order valence-electron chi connectivity index (χ1n) is 7.49. The minimum absolute atomic E-state index is 0.356. The molecule has 0 amide bonds. The van der Waals surface area contributed by atoms with Gasteiger partial charge in [-0.05, 0) is 48.8 Å². The van der Waals surface area contributed by atoms with E-state index in [0.717, 1.165) is 25.1 Å². The van der Waals surface area contributed by atoms with E-state index in [-0.39, 0.29) is 0 Å². The van der Waals surface area contributed by atoms with Gasteiger partial charge in [-0.25, -0.2) is 0 Å². The van der Waals surface area contributed by atoms with E-state index in [9.17, 15) is 5.11 Å². The quantitative estimate of drug-likeness (QED) is 0.779. The van der Waals surface area contributed by atoms with E-state index in [4.69, 9.17) is 0 Å². The molecular weight excluding hydrogens is 234 g/mol. The molecule has 0 saturated carbocycles. The highest BCUT2D eigenvalue weighted by Gasteiger charge is 2.22. The van der Waals surface area contributed by atoms with Gasteiger partial charge in [0.2, 0.25) is 0 Å².